The van der Waals surface area contributed by atoms with Gasteiger partial charge >= 0.3 is 5.97 Å². The summed E-state index contributed by atoms with van der Waals surface area (Å²) in [5.41, 5.74) is 2.53. The highest BCUT2D eigenvalue weighted by Crippen LogP contribution is 2.15. The van der Waals surface area contributed by atoms with Gasteiger partial charge in [-0.05, 0) is 25.5 Å². The molecule has 0 fully saturated rings. The molecule has 0 atom stereocenters. The number of aryl methyl sites for hydroxylation is 1. The van der Waals surface area contributed by atoms with Crippen molar-refractivity contribution in [3.05, 3.63) is 75.7 Å². The largest absolute Gasteiger partial charge is 0.466 e. The van der Waals surface area contributed by atoms with Crippen LogP contribution in [0.5, 0.6) is 0 Å². The third-order valence-corrected chi connectivity index (χ3v) is 4.01. The van der Waals surface area contributed by atoms with E-state index >= 15 is 0 Å². The van der Waals surface area contributed by atoms with E-state index in [0.717, 1.165) is 11.1 Å². The van der Waals surface area contributed by atoms with Gasteiger partial charge in [0.15, 0.2) is 0 Å². The topological polar surface area (TPSA) is 61.2 Å². The van der Waals surface area contributed by atoms with Crippen molar-refractivity contribution < 1.29 is 9.53 Å². The molecule has 0 unspecified atom stereocenters. The second kappa shape index (κ2) is 7.30. The average Bonchev–Trinajstić information content (AvgIpc) is 2.61. The van der Waals surface area contributed by atoms with Gasteiger partial charge in [0.2, 0.25) is 0 Å². The molecule has 3 rings (SSSR count). The SMILES string of the molecule is CCOC(=O)Cc1nn(Cc2ccc(C)cc2)c(=O)c2ccccc12. The van der Waals surface area contributed by atoms with Crippen LogP contribution < -0.4 is 5.56 Å². The van der Waals surface area contributed by atoms with E-state index in [1.165, 1.54) is 4.68 Å². The Hall–Kier alpha value is -2.95. The third kappa shape index (κ3) is 3.76. The highest BCUT2D eigenvalue weighted by atomic mass is 16.5. The number of esters is 1. The molecule has 5 nitrogen and oxygen atoms in total. The summed E-state index contributed by atoms with van der Waals surface area (Å²) in [7, 11) is 0. The summed E-state index contributed by atoms with van der Waals surface area (Å²) < 4.78 is 6.45. The standard InChI is InChI=1S/C20H20N2O3/c1-3-25-19(23)12-18-16-6-4-5-7-17(16)20(24)22(21-18)13-15-10-8-14(2)9-11-15/h4-11H,3,12-13H2,1-2H3. The number of hydrogen-bond acceptors (Lipinski definition) is 4. The van der Waals surface area contributed by atoms with Crippen LogP contribution >= 0.6 is 0 Å². The molecule has 5 heteroatoms. The maximum absolute atomic E-state index is 12.7. The highest BCUT2D eigenvalue weighted by molar-refractivity contribution is 5.86. The van der Waals surface area contributed by atoms with Crippen LogP contribution in [0.2, 0.25) is 0 Å². The van der Waals surface area contributed by atoms with Gasteiger partial charge in [-0.15, -0.1) is 0 Å². The molecule has 0 bridgehead atoms. The summed E-state index contributed by atoms with van der Waals surface area (Å²) in [6.45, 7) is 4.46. The number of fused-ring (bicyclic) bond motifs is 1. The number of carbonyl (C=O) groups excluding carboxylic acids is 1. The molecule has 0 saturated heterocycles. The van der Waals surface area contributed by atoms with Gasteiger partial charge in [0.05, 0.1) is 30.7 Å². The zero-order valence-electron chi connectivity index (χ0n) is 14.4. The number of nitrogens with zero attached hydrogens (tertiary/aromatic N) is 2. The highest BCUT2D eigenvalue weighted by Gasteiger charge is 2.14. The first-order chi connectivity index (χ1) is 12.1. The van der Waals surface area contributed by atoms with E-state index in [4.69, 9.17) is 4.74 Å². The van der Waals surface area contributed by atoms with E-state index < -0.39 is 0 Å². The van der Waals surface area contributed by atoms with Gasteiger partial charge in [-0.25, -0.2) is 4.68 Å². The minimum Gasteiger partial charge on any atom is -0.466 e. The number of hydrogen-bond donors (Lipinski definition) is 0. The monoisotopic (exact) mass is 336 g/mol. The van der Waals surface area contributed by atoms with E-state index in [1.54, 1.807) is 13.0 Å². The van der Waals surface area contributed by atoms with Gasteiger partial charge in [0, 0.05) is 5.39 Å². The molecule has 1 aromatic heterocycles. The molecule has 0 N–H and O–H groups in total. The number of ether oxygens (including phenoxy) is 1. The van der Waals surface area contributed by atoms with Gasteiger partial charge in [0.1, 0.15) is 0 Å². The molecule has 2 aromatic carbocycles. The summed E-state index contributed by atoms with van der Waals surface area (Å²) in [4.78, 5) is 24.6. The van der Waals surface area contributed by atoms with Crippen molar-refractivity contribution in [2.75, 3.05) is 6.61 Å². The molecule has 0 aliphatic carbocycles. The Labute approximate surface area is 145 Å². The van der Waals surface area contributed by atoms with Crippen LogP contribution in [0.15, 0.2) is 53.3 Å². The van der Waals surface area contributed by atoms with Crippen molar-refractivity contribution in [2.45, 2.75) is 26.8 Å². The maximum atomic E-state index is 12.7. The molecule has 128 valence electrons. The second-order valence-electron chi connectivity index (χ2n) is 5.92. The molecule has 1 heterocycles. The lowest BCUT2D eigenvalue weighted by molar-refractivity contribution is -0.142. The summed E-state index contributed by atoms with van der Waals surface area (Å²) in [5, 5.41) is 5.70. The Balaban J connectivity index is 2.06. The van der Waals surface area contributed by atoms with Crippen LogP contribution in [-0.2, 0) is 22.5 Å². The molecule has 0 aliphatic rings. The predicted octanol–water partition coefficient (Wildman–Crippen LogP) is 2.86. The average molecular weight is 336 g/mol. The molecular weight excluding hydrogens is 316 g/mol. The first kappa shape index (κ1) is 16.9. The van der Waals surface area contributed by atoms with E-state index in [9.17, 15) is 9.59 Å². The van der Waals surface area contributed by atoms with Crippen molar-refractivity contribution in [2.24, 2.45) is 0 Å². The summed E-state index contributed by atoms with van der Waals surface area (Å²) in [6, 6.07) is 15.2. The van der Waals surface area contributed by atoms with Crippen LogP contribution in [0.25, 0.3) is 10.8 Å². The van der Waals surface area contributed by atoms with Crippen LogP contribution in [0.1, 0.15) is 23.7 Å². The fourth-order valence-corrected chi connectivity index (χ4v) is 2.76. The Morgan fingerprint density at radius 1 is 1.08 bits per heavy atom. The molecule has 0 radical (unpaired) electrons. The zero-order valence-corrected chi connectivity index (χ0v) is 14.4. The first-order valence-corrected chi connectivity index (χ1v) is 8.28. The number of benzene rings is 2. The maximum Gasteiger partial charge on any atom is 0.311 e. The smallest absolute Gasteiger partial charge is 0.311 e. The normalized spacial score (nSPS) is 10.8. The van der Waals surface area contributed by atoms with Gasteiger partial charge < -0.3 is 4.74 Å². The Bertz CT molecular complexity index is 959. The van der Waals surface area contributed by atoms with Gasteiger partial charge in [-0.1, -0.05) is 48.0 Å². The Kier molecular flexibility index (Phi) is 4.93. The summed E-state index contributed by atoms with van der Waals surface area (Å²) >= 11 is 0. The minimum absolute atomic E-state index is 0.0442. The van der Waals surface area contributed by atoms with Crippen molar-refractivity contribution in [3.8, 4) is 0 Å². The Morgan fingerprint density at radius 2 is 1.76 bits per heavy atom. The molecule has 3 aromatic rings. The minimum atomic E-state index is -0.347. The van der Waals surface area contributed by atoms with E-state index in [2.05, 4.69) is 5.10 Å². The molecule has 0 amide bonds. The molecule has 0 spiro atoms. The van der Waals surface area contributed by atoms with Crippen LogP contribution in [0.3, 0.4) is 0 Å². The first-order valence-electron chi connectivity index (χ1n) is 8.28. The number of aromatic nitrogens is 2. The molecular formula is C20H20N2O3. The quantitative estimate of drug-likeness (QED) is 0.672. The lowest BCUT2D eigenvalue weighted by Crippen LogP contribution is -2.26. The lowest BCUT2D eigenvalue weighted by atomic mass is 10.1. The second-order valence-corrected chi connectivity index (χ2v) is 5.92. The fourth-order valence-electron chi connectivity index (χ4n) is 2.76. The predicted molar refractivity (Wildman–Crippen MR) is 96.6 cm³/mol. The zero-order chi connectivity index (χ0) is 17.8. The van der Waals surface area contributed by atoms with Crippen molar-refractivity contribution in [1.29, 1.82) is 0 Å². The third-order valence-electron chi connectivity index (χ3n) is 4.01. The Morgan fingerprint density at radius 3 is 2.44 bits per heavy atom. The van der Waals surface area contributed by atoms with E-state index in [-0.39, 0.29) is 17.9 Å². The fraction of sp³-hybridized carbons (Fsp3) is 0.250. The molecule has 25 heavy (non-hydrogen) atoms. The van der Waals surface area contributed by atoms with Crippen molar-refractivity contribution in [1.82, 2.24) is 9.78 Å². The van der Waals surface area contributed by atoms with Gasteiger partial charge in [-0.3, -0.25) is 9.59 Å². The van der Waals surface area contributed by atoms with Gasteiger partial charge in [0.25, 0.3) is 5.56 Å². The molecule has 0 aliphatic heterocycles. The summed E-state index contributed by atoms with van der Waals surface area (Å²) in [5.74, 6) is -0.347. The molecule has 0 saturated carbocycles. The number of carbonyl (C=O) groups is 1. The van der Waals surface area contributed by atoms with E-state index in [1.807, 2.05) is 49.4 Å². The van der Waals surface area contributed by atoms with Crippen molar-refractivity contribution >= 4 is 16.7 Å². The summed E-state index contributed by atoms with van der Waals surface area (Å²) in [6.07, 6.45) is 0.0442. The van der Waals surface area contributed by atoms with Crippen molar-refractivity contribution in [3.63, 3.8) is 0 Å². The van der Waals surface area contributed by atoms with Crippen LogP contribution in [0.4, 0.5) is 0 Å². The van der Waals surface area contributed by atoms with E-state index in [0.29, 0.717) is 29.6 Å². The lowest BCUT2D eigenvalue weighted by Gasteiger charge is -2.11. The van der Waals surface area contributed by atoms with Gasteiger partial charge in [-0.2, -0.15) is 5.10 Å². The number of rotatable bonds is 5. The van der Waals surface area contributed by atoms with Crippen LogP contribution in [-0.4, -0.2) is 22.4 Å². The van der Waals surface area contributed by atoms with Crippen LogP contribution in [0, 0.1) is 6.92 Å².